The number of rotatable bonds is 4. The van der Waals surface area contributed by atoms with Gasteiger partial charge in [0.15, 0.2) is 8.68 Å². The molecule has 0 aliphatic heterocycles. The molecule has 3 aromatic rings. The van der Waals surface area contributed by atoms with E-state index in [9.17, 15) is 0 Å². The molecule has 20 heavy (non-hydrogen) atoms. The summed E-state index contributed by atoms with van der Waals surface area (Å²) >= 11 is 4.28. The summed E-state index contributed by atoms with van der Waals surface area (Å²) in [4.78, 5) is 16.2. The van der Waals surface area contributed by atoms with Crippen molar-refractivity contribution in [2.75, 3.05) is 12.0 Å². The number of nitrogens with two attached hydrogens (primary N) is 1. The van der Waals surface area contributed by atoms with Crippen molar-refractivity contribution in [1.82, 2.24) is 39.9 Å². The van der Waals surface area contributed by atoms with E-state index in [1.54, 1.807) is 0 Å². The lowest BCUT2D eigenvalue weighted by molar-refractivity contribution is 0.763. The zero-order valence-electron chi connectivity index (χ0n) is 10.0. The quantitative estimate of drug-likeness (QED) is 0.688. The molecule has 0 radical (unpaired) electrons. The van der Waals surface area contributed by atoms with Crippen molar-refractivity contribution in [3.05, 3.63) is 12.7 Å². The Morgan fingerprint density at radius 1 is 1.20 bits per heavy atom. The first-order valence-corrected chi connectivity index (χ1v) is 8.02. The first-order valence-electron chi connectivity index (χ1n) is 5.16. The van der Waals surface area contributed by atoms with Gasteiger partial charge in [-0.2, -0.15) is 24.7 Å². The smallest absolute Gasteiger partial charge is 0.257 e. The van der Waals surface area contributed by atoms with Gasteiger partial charge in [-0.25, -0.2) is 4.98 Å². The molecule has 12 heteroatoms. The number of nitrogen functional groups attached to an aromatic ring is 1. The Labute approximate surface area is 125 Å². The Hall–Kier alpha value is -1.79. The average molecular weight is 325 g/mol. The van der Waals surface area contributed by atoms with Crippen LogP contribution in [0.5, 0.6) is 0 Å². The molecular formula is C8H7N9S3. The molecule has 9 nitrogen and oxygen atoms in total. The van der Waals surface area contributed by atoms with Gasteiger partial charge in [-0.05, 0) is 18.0 Å². The van der Waals surface area contributed by atoms with Crippen molar-refractivity contribution in [2.45, 2.75) is 13.8 Å². The lowest BCUT2D eigenvalue weighted by Crippen LogP contribution is -2.07. The molecule has 0 saturated heterocycles. The number of hydrogen-bond acceptors (Lipinski definition) is 11. The third-order valence-electron chi connectivity index (χ3n) is 1.99. The molecular weight excluding hydrogens is 318 g/mol. The van der Waals surface area contributed by atoms with Gasteiger partial charge >= 0.3 is 0 Å². The molecule has 0 bridgehead atoms. The summed E-state index contributed by atoms with van der Waals surface area (Å²) in [5.74, 6) is 0.426. The first kappa shape index (κ1) is 13.2. The van der Waals surface area contributed by atoms with Crippen LogP contribution in [0.15, 0.2) is 26.5 Å². The van der Waals surface area contributed by atoms with Crippen molar-refractivity contribution in [3.63, 3.8) is 0 Å². The fourth-order valence-corrected chi connectivity index (χ4v) is 3.51. The second kappa shape index (κ2) is 5.68. The highest BCUT2D eigenvalue weighted by Gasteiger charge is 2.11. The monoisotopic (exact) mass is 325 g/mol. The average Bonchev–Trinajstić information content (AvgIpc) is 3.09. The molecule has 3 aromatic heterocycles. The lowest BCUT2D eigenvalue weighted by atomic mass is 10.9. The maximum atomic E-state index is 5.68. The predicted octanol–water partition coefficient (Wildman–Crippen LogP) is 0.759. The largest absolute Gasteiger partial charge is 0.368 e. The molecule has 102 valence electrons. The van der Waals surface area contributed by atoms with E-state index in [2.05, 4.69) is 35.2 Å². The van der Waals surface area contributed by atoms with Crippen LogP contribution in [0.1, 0.15) is 0 Å². The Bertz CT molecular complexity index is 710. The highest BCUT2D eigenvalue weighted by Crippen LogP contribution is 2.31. The van der Waals surface area contributed by atoms with E-state index < -0.39 is 0 Å². The second-order valence-electron chi connectivity index (χ2n) is 3.26. The van der Waals surface area contributed by atoms with Gasteiger partial charge in [-0.1, -0.05) is 23.1 Å². The van der Waals surface area contributed by atoms with E-state index in [-0.39, 0.29) is 5.95 Å². The zero-order valence-corrected chi connectivity index (χ0v) is 12.5. The van der Waals surface area contributed by atoms with Crippen LogP contribution in [0.2, 0.25) is 0 Å². The maximum Gasteiger partial charge on any atom is 0.257 e. The molecule has 2 N–H and O–H groups in total. The van der Waals surface area contributed by atoms with Gasteiger partial charge in [0.1, 0.15) is 12.7 Å². The van der Waals surface area contributed by atoms with Crippen LogP contribution in [0, 0.1) is 0 Å². The van der Waals surface area contributed by atoms with Crippen LogP contribution in [0.25, 0.3) is 5.95 Å². The van der Waals surface area contributed by atoms with E-state index in [0.29, 0.717) is 11.1 Å². The van der Waals surface area contributed by atoms with Crippen LogP contribution in [-0.4, -0.2) is 46.2 Å². The van der Waals surface area contributed by atoms with E-state index in [4.69, 9.17) is 5.73 Å². The second-order valence-corrected chi connectivity index (χ2v) is 6.50. The van der Waals surface area contributed by atoms with E-state index in [1.165, 1.54) is 52.2 Å². The summed E-state index contributed by atoms with van der Waals surface area (Å²) in [7, 11) is 0. The van der Waals surface area contributed by atoms with E-state index >= 15 is 0 Å². The highest BCUT2D eigenvalue weighted by molar-refractivity contribution is 8.02. The van der Waals surface area contributed by atoms with Crippen LogP contribution in [-0.2, 0) is 0 Å². The molecule has 0 unspecified atom stereocenters. The molecule has 0 atom stereocenters. The fraction of sp³-hybridized carbons (Fsp3) is 0.125. The number of hydrogen-bond donors (Lipinski definition) is 1. The highest BCUT2D eigenvalue weighted by atomic mass is 32.2. The van der Waals surface area contributed by atoms with Crippen LogP contribution in [0.4, 0.5) is 5.95 Å². The topological polar surface area (TPSA) is 121 Å². The minimum absolute atomic E-state index is 0.114. The van der Waals surface area contributed by atoms with E-state index in [1.807, 2.05) is 6.26 Å². The predicted molar refractivity (Wildman–Crippen MR) is 75.0 cm³/mol. The van der Waals surface area contributed by atoms with Crippen molar-refractivity contribution in [2.24, 2.45) is 0 Å². The van der Waals surface area contributed by atoms with E-state index in [0.717, 1.165) is 8.68 Å². The summed E-state index contributed by atoms with van der Waals surface area (Å²) in [5.41, 5.74) is 5.68. The number of anilines is 1. The Morgan fingerprint density at radius 2 is 2.05 bits per heavy atom. The molecule has 0 fully saturated rings. The van der Waals surface area contributed by atoms with Crippen molar-refractivity contribution in [3.8, 4) is 5.95 Å². The first-order chi connectivity index (χ1) is 9.74. The van der Waals surface area contributed by atoms with Gasteiger partial charge in [0.25, 0.3) is 5.95 Å². The third kappa shape index (κ3) is 2.86. The van der Waals surface area contributed by atoms with Crippen molar-refractivity contribution < 1.29 is 0 Å². The molecule has 3 rings (SSSR count). The van der Waals surface area contributed by atoms with Crippen LogP contribution < -0.4 is 5.73 Å². The molecule has 0 amide bonds. The van der Waals surface area contributed by atoms with Gasteiger partial charge in [-0.15, -0.1) is 10.2 Å². The minimum Gasteiger partial charge on any atom is -0.368 e. The maximum absolute atomic E-state index is 5.68. The zero-order chi connectivity index (χ0) is 13.9. The lowest BCUT2D eigenvalue weighted by Gasteiger charge is -2.01. The molecule has 0 spiro atoms. The summed E-state index contributed by atoms with van der Waals surface area (Å²) < 4.78 is 3.03. The Balaban J connectivity index is 1.90. The normalized spacial score (nSPS) is 10.8. The summed E-state index contributed by atoms with van der Waals surface area (Å²) in [6, 6.07) is 0. The molecule has 0 aliphatic carbocycles. The molecule has 0 saturated carbocycles. The number of nitrogens with zero attached hydrogens (tertiary/aromatic N) is 8. The summed E-state index contributed by atoms with van der Waals surface area (Å²) in [6.07, 6.45) is 4.82. The van der Waals surface area contributed by atoms with Crippen LogP contribution >= 0.6 is 34.9 Å². The fourth-order valence-electron chi connectivity index (χ4n) is 1.22. The standard InChI is InChI=1S/C8H7N9S3/c1-18-7-15-16-8(20-7)19-6-13-4(9)12-5(14-6)17-3-10-2-11-17/h2-3H,1H3,(H2,9,12,13,14). The van der Waals surface area contributed by atoms with Gasteiger partial charge in [0, 0.05) is 0 Å². The Kier molecular flexibility index (Phi) is 3.75. The molecule has 0 aromatic carbocycles. The van der Waals surface area contributed by atoms with Gasteiger partial charge < -0.3 is 5.73 Å². The number of thioether (sulfide) groups is 1. The summed E-state index contributed by atoms with van der Waals surface area (Å²) in [5, 5.41) is 12.4. The molecule has 0 aliphatic rings. The SMILES string of the molecule is CSc1nnc(Sc2nc(N)nc(-n3cncn3)n2)s1. The summed E-state index contributed by atoms with van der Waals surface area (Å²) in [6.45, 7) is 0. The van der Waals surface area contributed by atoms with Gasteiger partial charge in [0.05, 0.1) is 0 Å². The number of aromatic nitrogens is 8. The van der Waals surface area contributed by atoms with Gasteiger partial charge in [-0.3, -0.25) is 0 Å². The minimum atomic E-state index is 0.114. The van der Waals surface area contributed by atoms with Crippen molar-refractivity contribution >= 4 is 40.8 Å². The van der Waals surface area contributed by atoms with Crippen molar-refractivity contribution in [1.29, 1.82) is 0 Å². The Morgan fingerprint density at radius 3 is 2.75 bits per heavy atom. The molecule has 3 heterocycles. The van der Waals surface area contributed by atoms with Gasteiger partial charge in [0.2, 0.25) is 11.1 Å². The third-order valence-corrected chi connectivity index (χ3v) is 4.80. The van der Waals surface area contributed by atoms with Crippen LogP contribution in [0.3, 0.4) is 0 Å².